The SMILES string of the molecule is CCCCCCCCCCC(NC)c1cccc(C)c1I. The maximum Gasteiger partial charge on any atom is 0.0328 e. The summed E-state index contributed by atoms with van der Waals surface area (Å²) in [5.74, 6) is 0. The van der Waals surface area contributed by atoms with Crippen molar-refractivity contribution in [2.75, 3.05) is 7.05 Å². The topological polar surface area (TPSA) is 12.0 Å². The number of aryl methyl sites for hydroxylation is 1. The van der Waals surface area contributed by atoms with E-state index in [2.05, 4.69) is 67.0 Å². The van der Waals surface area contributed by atoms with Crippen LogP contribution in [-0.2, 0) is 0 Å². The van der Waals surface area contributed by atoms with Crippen LogP contribution in [0.5, 0.6) is 0 Å². The third-order valence-electron chi connectivity index (χ3n) is 4.29. The predicted octanol–water partition coefficient (Wildman–Crippen LogP) is 6.39. The maximum atomic E-state index is 3.50. The Hall–Kier alpha value is -0.0900. The van der Waals surface area contributed by atoms with Crippen molar-refractivity contribution in [2.24, 2.45) is 0 Å². The zero-order chi connectivity index (χ0) is 15.5. The van der Waals surface area contributed by atoms with Gasteiger partial charge < -0.3 is 5.32 Å². The number of halogens is 1. The fourth-order valence-electron chi connectivity index (χ4n) is 2.88. The molecular weight excluding hydrogens is 369 g/mol. The van der Waals surface area contributed by atoms with Crippen molar-refractivity contribution >= 4 is 22.6 Å². The number of hydrogen-bond acceptors (Lipinski definition) is 1. The Balaban J connectivity index is 2.27. The average Bonchev–Trinajstić information content (AvgIpc) is 2.49. The summed E-state index contributed by atoms with van der Waals surface area (Å²) in [6.45, 7) is 4.48. The lowest BCUT2D eigenvalue weighted by Gasteiger charge is -2.19. The summed E-state index contributed by atoms with van der Waals surface area (Å²) in [7, 11) is 2.09. The second-order valence-electron chi connectivity index (χ2n) is 6.08. The molecule has 2 heteroatoms. The van der Waals surface area contributed by atoms with Crippen LogP contribution in [0, 0.1) is 10.5 Å². The van der Waals surface area contributed by atoms with E-state index in [1.54, 1.807) is 0 Å². The molecule has 1 atom stereocenters. The van der Waals surface area contributed by atoms with Crippen molar-refractivity contribution in [2.45, 2.75) is 77.7 Å². The minimum Gasteiger partial charge on any atom is -0.313 e. The van der Waals surface area contributed by atoms with Crippen molar-refractivity contribution in [1.82, 2.24) is 5.32 Å². The highest BCUT2D eigenvalue weighted by Crippen LogP contribution is 2.26. The Kier molecular flexibility index (Phi) is 10.4. The fourth-order valence-corrected chi connectivity index (χ4v) is 3.61. The first-order chi connectivity index (χ1) is 10.2. The highest BCUT2D eigenvalue weighted by atomic mass is 127. The number of benzene rings is 1. The normalized spacial score (nSPS) is 12.6. The summed E-state index contributed by atoms with van der Waals surface area (Å²) in [6.07, 6.45) is 12.4. The van der Waals surface area contributed by atoms with Gasteiger partial charge in [-0.1, -0.05) is 76.5 Å². The average molecular weight is 401 g/mol. The Morgan fingerprint density at radius 2 is 1.62 bits per heavy atom. The Bertz CT molecular complexity index is 389. The van der Waals surface area contributed by atoms with E-state index in [0.29, 0.717) is 6.04 Å². The van der Waals surface area contributed by atoms with Gasteiger partial charge in [-0.3, -0.25) is 0 Å². The minimum absolute atomic E-state index is 0.511. The molecule has 0 spiro atoms. The molecule has 1 N–H and O–H groups in total. The summed E-state index contributed by atoms with van der Waals surface area (Å²) >= 11 is 2.49. The van der Waals surface area contributed by atoms with Gasteiger partial charge in [0.05, 0.1) is 0 Å². The minimum atomic E-state index is 0.511. The molecule has 1 unspecified atom stereocenters. The van der Waals surface area contributed by atoms with E-state index < -0.39 is 0 Å². The molecule has 120 valence electrons. The van der Waals surface area contributed by atoms with Crippen molar-refractivity contribution in [3.8, 4) is 0 Å². The largest absolute Gasteiger partial charge is 0.313 e. The molecule has 0 fully saturated rings. The fraction of sp³-hybridized carbons (Fsp3) is 0.684. The molecule has 0 heterocycles. The van der Waals surface area contributed by atoms with Gasteiger partial charge in [0.1, 0.15) is 0 Å². The maximum absolute atomic E-state index is 3.50. The second-order valence-corrected chi connectivity index (χ2v) is 7.16. The highest BCUT2D eigenvalue weighted by molar-refractivity contribution is 14.1. The van der Waals surface area contributed by atoms with Crippen LogP contribution >= 0.6 is 22.6 Å². The molecule has 21 heavy (non-hydrogen) atoms. The van der Waals surface area contributed by atoms with Crippen molar-refractivity contribution < 1.29 is 0 Å². The molecule has 0 saturated heterocycles. The molecule has 0 saturated carbocycles. The van der Waals surface area contributed by atoms with Crippen LogP contribution in [0.3, 0.4) is 0 Å². The molecule has 0 bridgehead atoms. The molecule has 1 rings (SSSR count). The van der Waals surface area contributed by atoms with Gasteiger partial charge in [-0.2, -0.15) is 0 Å². The number of nitrogens with one attached hydrogen (secondary N) is 1. The van der Waals surface area contributed by atoms with Crippen LogP contribution in [0.15, 0.2) is 18.2 Å². The first-order valence-corrected chi connectivity index (χ1v) is 9.70. The lowest BCUT2D eigenvalue weighted by Crippen LogP contribution is -2.17. The van der Waals surface area contributed by atoms with Gasteiger partial charge in [0.25, 0.3) is 0 Å². The van der Waals surface area contributed by atoms with Crippen molar-refractivity contribution in [3.63, 3.8) is 0 Å². The molecule has 1 aromatic rings. The number of unbranched alkanes of at least 4 members (excludes halogenated alkanes) is 7. The van der Waals surface area contributed by atoms with Crippen LogP contribution in [-0.4, -0.2) is 7.05 Å². The van der Waals surface area contributed by atoms with Crippen LogP contribution < -0.4 is 5.32 Å². The lowest BCUT2D eigenvalue weighted by molar-refractivity contribution is 0.493. The van der Waals surface area contributed by atoms with Gasteiger partial charge in [-0.05, 0) is 54.1 Å². The van der Waals surface area contributed by atoms with Crippen LogP contribution in [0.1, 0.15) is 81.9 Å². The van der Waals surface area contributed by atoms with E-state index in [1.165, 1.54) is 72.5 Å². The summed E-state index contributed by atoms with van der Waals surface area (Å²) in [4.78, 5) is 0. The van der Waals surface area contributed by atoms with Gasteiger partial charge >= 0.3 is 0 Å². The summed E-state index contributed by atoms with van der Waals surface area (Å²) in [5.41, 5.74) is 2.87. The molecule has 0 radical (unpaired) electrons. The molecule has 0 aromatic heterocycles. The third kappa shape index (κ3) is 7.14. The van der Waals surface area contributed by atoms with E-state index in [4.69, 9.17) is 0 Å². The van der Waals surface area contributed by atoms with E-state index in [1.807, 2.05) is 0 Å². The molecule has 0 aliphatic heterocycles. The van der Waals surface area contributed by atoms with E-state index in [9.17, 15) is 0 Å². The van der Waals surface area contributed by atoms with Crippen LogP contribution in [0.4, 0.5) is 0 Å². The van der Waals surface area contributed by atoms with Gasteiger partial charge in [0, 0.05) is 9.61 Å². The highest BCUT2D eigenvalue weighted by Gasteiger charge is 2.12. The van der Waals surface area contributed by atoms with Crippen molar-refractivity contribution in [1.29, 1.82) is 0 Å². The Morgan fingerprint density at radius 3 is 2.24 bits per heavy atom. The van der Waals surface area contributed by atoms with Crippen LogP contribution in [0.25, 0.3) is 0 Å². The van der Waals surface area contributed by atoms with Crippen molar-refractivity contribution in [3.05, 3.63) is 32.9 Å². The molecule has 0 aliphatic carbocycles. The second kappa shape index (κ2) is 11.5. The van der Waals surface area contributed by atoms with E-state index >= 15 is 0 Å². The quantitative estimate of drug-likeness (QED) is 0.335. The van der Waals surface area contributed by atoms with Gasteiger partial charge in [-0.15, -0.1) is 0 Å². The zero-order valence-corrected chi connectivity index (χ0v) is 16.2. The summed E-state index contributed by atoms with van der Waals surface area (Å²) in [6, 6.07) is 7.18. The predicted molar refractivity (Wildman–Crippen MR) is 103 cm³/mol. The molecule has 0 aliphatic rings. The van der Waals surface area contributed by atoms with Gasteiger partial charge in [0.15, 0.2) is 0 Å². The third-order valence-corrected chi connectivity index (χ3v) is 5.77. The zero-order valence-electron chi connectivity index (χ0n) is 14.1. The first kappa shape index (κ1) is 19.0. The molecule has 1 nitrogen and oxygen atoms in total. The molecule has 1 aromatic carbocycles. The number of hydrogen-bond donors (Lipinski definition) is 1. The number of rotatable bonds is 11. The van der Waals surface area contributed by atoms with E-state index in [0.717, 1.165) is 0 Å². The molecule has 0 amide bonds. The Morgan fingerprint density at radius 1 is 1.00 bits per heavy atom. The van der Waals surface area contributed by atoms with Gasteiger partial charge in [-0.25, -0.2) is 0 Å². The van der Waals surface area contributed by atoms with E-state index in [-0.39, 0.29) is 0 Å². The lowest BCUT2D eigenvalue weighted by atomic mass is 9.98. The monoisotopic (exact) mass is 401 g/mol. The first-order valence-electron chi connectivity index (χ1n) is 8.63. The smallest absolute Gasteiger partial charge is 0.0328 e. The molecular formula is C19H32IN. The van der Waals surface area contributed by atoms with Crippen LogP contribution in [0.2, 0.25) is 0 Å². The van der Waals surface area contributed by atoms with Gasteiger partial charge in [0.2, 0.25) is 0 Å². The summed E-state index contributed by atoms with van der Waals surface area (Å²) < 4.78 is 1.43. The summed E-state index contributed by atoms with van der Waals surface area (Å²) in [5, 5.41) is 3.50. The Labute approximate surface area is 145 Å². The standard InChI is InChI=1S/C19H32IN/c1-4-5-6-7-8-9-10-11-15-18(21-3)17-14-12-13-16(2)19(17)20/h12-14,18,21H,4-11,15H2,1-3H3.